The number of hydrogen-bond acceptors (Lipinski definition) is 2. The van der Waals surface area contributed by atoms with E-state index in [1.807, 2.05) is 6.07 Å². The Morgan fingerprint density at radius 3 is 2.28 bits per heavy atom. The van der Waals surface area contributed by atoms with Crippen LogP contribution in [0.1, 0.15) is 43.6 Å². The largest absolute Gasteiger partial charge is 0.294 e. The average Bonchev–Trinajstić information content (AvgIpc) is 2.28. The molecule has 0 heterocycles. The van der Waals surface area contributed by atoms with Crippen LogP contribution in [0.3, 0.4) is 0 Å². The van der Waals surface area contributed by atoms with Gasteiger partial charge in [0.05, 0.1) is 4.90 Å². The maximum atomic E-state index is 11.5. The van der Waals surface area contributed by atoms with Crippen molar-refractivity contribution in [1.82, 2.24) is 0 Å². The monoisotopic (exact) mass is 396 g/mol. The van der Waals surface area contributed by atoms with Crippen LogP contribution in [0.15, 0.2) is 26.0 Å². The minimum absolute atomic E-state index is 0.0238. The van der Waals surface area contributed by atoms with Crippen LogP contribution in [-0.2, 0) is 10.1 Å². The van der Waals surface area contributed by atoms with Gasteiger partial charge < -0.3 is 0 Å². The molecule has 6 heteroatoms. The summed E-state index contributed by atoms with van der Waals surface area (Å²) >= 11 is 6.68. The second-order valence-electron chi connectivity index (χ2n) is 4.61. The molecule has 0 amide bonds. The van der Waals surface area contributed by atoms with Crippen LogP contribution < -0.4 is 0 Å². The zero-order valence-electron chi connectivity index (χ0n) is 9.70. The molecule has 1 saturated carbocycles. The maximum Gasteiger partial charge on any atom is 0.294 e. The van der Waals surface area contributed by atoms with Gasteiger partial charge in [-0.25, -0.2) is 0 Å². The molecule has 3 nitrogen and oxygen atoms in total. The van der Waals surface area contributed by atoms with Crippen molar-refractivity contribution in [1.29, 1.82) is 0 Å². The Balaban J connectivity index is 2.57. The highest BCUT2D eigenvalue weighted by atomic mass is 79.9. The summed E-state index contributed by atoms with van der Waals surface area (Å²) in [6.07, 6.45) is 5.37. The second-order valence-corrected chi connectivity index (χ2v) is 7.77. The predicted octanol–water partition coefficient (Wildman–Crippen LogP) is 4.51. The highest BCUT2D eigenvalue weighted by Gasteiger charge is 2.26. The van der Waals surface area contributed by atoms with Crippen molar-refractivity contribution in [2.75, 3.05) is 0 Å². The van der Waals surface area contributed by atoms with Crippen LogP contribution >= 0.6 is 31.9 Å². The third-order valence-corrected chi connectivity index (χ3v) is 5.36. The molecule has 1 aliphatic rings. The molecule has 100 valence electrons. The van der Waals surface area contributed by atoms with E-state index >= 15 is 0 Å². The summed E-state index contributed by atoms with van der Waals surface area (Å²) in [7, 11) is -4.19. The molecule has 0 atom stereocenters. The molecule has 0 aromatic heterocycles. The van der Waals surface area contributed by atoms with Gasteiger partial charge in [-0.3, -0.25) is 4.55 Å². The van der Waals surface area contributed by atoms with E-state index in [-0.39, 0.29) is 10.8 Å². The van der Waals surface area contributed by atoms with Gasteiger partial charge in [-0.05, 0) is 36.5 Å². The third kappa shape index (κ3) is 3.15. The Hall–Kier alpha value is 0.0900. The van der Waals surface area contributed by atoms with Gasteiger partial charge in [-0.15, -0.1) is 0 Å². The fourth-order valence-corrected chi connectivity index (χ4v) is 5.22. The SMILES string of the molecule is O=S(=O)(O)c1cc(Br)cc(Br)c1C1CCCCC1. The minimum Gasteiger partial charge on any atom is -0.282 e. The summed E-state index contributed by atoms with van der Waals surface area (Å²) in [5.74, 6) is 0.207. The lowest BCUT2D eigenvalue weighted by Crippen LogP contribution is -2.11. The first-order chi connectivity index (χ1) is 8.39. The van der Waals surface area contributed by atoms with Crippen molar-refractivity contribution in [3.05, 3.63) is 26.6 Å². The normalized spacial score (nSPS) is 17.9. The van der Waals surface area contributed by atoms with E-state index in [1.54, 1.807) is 0 Å². The van der Waals surface area contributed by atoms with E-state index in [1.165, 1.54) is 12.5 Å². The summed E-state index contributed by atoms with van der Waals surface area (Å²) < 4.78 is 33.8. The number of halogens is 2. The quantitative estimate of drug-likeness (QED) is 0.747. The Labute approximate surface area is 124 Å². The number of rotatable bonds is 2. The molecule has 1 fully saturated rings. The Bertz CT molecular complexity index is 549. The number of benzene rings is 1. The first-order valence-electron chi connectivity index (χ1n) is 5.86. The van der Waals surface area contributed by atoms with Gasteiger partial charge in [-0.1, -0.05) is 51.1 Å². The summed E-state index contributed by atoms with van der Waals surface area (Å²) in [4.78, 5) is 0.0238. The van der Waals surface area contributed by atoms with Crippen molar-refractivity contribution in [3.63, 3.8) is 0 Å². The van der Waals surface area contributed by atoms with Crippen molar-refractivity contribution < 1.29 is 13.0 Å². The summed E-state index contributed by atoms with van der Waals surface area (Å²) in [6, 6.07) is 3.31. The molecule has 1 aromatic rings. The molecule has 2 rings (SSSR count). The van der Waals surface area contributed by atoms with Crippen molar-refractivity contribution in [2.45, 2.75) is 42.9 Å². The first-order valence-corrected chi connectivity index (χ1v) is 8.88. The van der Waals surface area contributed by atoms with Gasteiger partial charge in [0, 0.05) is 8.95 Å². The van der Waals surface area contributed by atoms with Crippen LogP contribution in [0.25, 0.3) is 0 Å². The van der Waals surface area contributed by atoms with Crippen LogP contribution in [0.2, 0.25) is 0 Å². The Morgan fingerprint density at radius 1 is 1.11 bits per heavy atom. The third-order valence-electron chi connectivity index (χ3n) is 3.35. The van der Waals surface area contributed by atoms with E-state index in [4.69, 9.17) is 0 Å². The molecule has 0 radical (unpaired) electrons. The van der Waals surface area contributed by atoms with E-state index in [0.29, 0.717) is 4.47 Å². The Kier molecular flexibility index (Phi) is 4.52. The van der Waals surface area contributed by atoms with Crippen LogP contribution in [0.5, 0.6) is 0 Å². The molecule has 0 unspecified atom stereocenters. The lowest BCUT2D eigenvalue weighted by molar-refractivity contribution is 0.433. The van der Waals surface area contributed by atoms with Gasteiger partial charge in [-0.2, -0.15) is 8.42 Å². The molecule has 0 aliphatic heterocycles. The van der Waals surface area contributed by atoms with E-state index in [2.05, 4.69) is 31.9 Å². The molecule has 0 saturated heterocycles. The molecular formula is C12H14Br2O3S. The van der Waals surface area contributed by atoms with Crippen LogP contribution in [0, 0.1) is 0 Å². The van der Waals surface area contributed by atoms with Gasteiger partial charge in [0.25, 0.3) is 10.1 Å². The molecule has 1 aliphatic carbocycles. The summed E-state index contributed by atoms with van der Waals surface area (Å²) in [5, 5.41) is 0. The smallest absolute Gasteiger partial charge is 0.282 e. The zero-order valence-corrected chi connectivity index (χ0v) is 13.7. The lowest BCUT2D eigenvalue weighted by Gasteiger charge is -2.24. The van der Waals surface area contributed by atoms with Crippen LogP contribution in [0.4, 0.5) is 0 Å². The zero-order chi connectivity index (χ0) is 13.3. The van der Waals surface area contributed by atoms with E-state index < -0.39 is 10.1 Å². The summed E-state index contributed by atoms with van der Waals surface area (Å²) in [5.41, 5.74) is 0.723. The molecule has 0 bridgehead atoms. The molecule has 1 aromatic carbocycles. The van der Waals surface area contributed by atoms with Gasteiger partial charge in [0.15, 0.2) is 0 Å². The standard InChI is InChI=1S/C12H14Br2O3S/c13-9-6-10(14)12(8-4-2-1-3-5-8)11(7-9)18(15,16)17/h6-8H,1-5H2,(H,15,16,17). The van der Waals surface area contributed by atoms with Gasteiger partial charge >= 0.3 is 0 Å². The van der Waals surface area contributed by atoms with Crippen molar-refractivity contribution in [3.8, 4) is 0 Å². The number of hydrogen-bond donors (Lipinski definition) is 1. The average molecular weight is 398 g/mol. The maximum absolute atomic E-state index is 11.5. The van der Waals surface area contributed by atoms with E-state index in [9.17, 15) is 13.0 Å². The Morgan fingerprint density at radius 2 is 1.72 bits per heavy atom. The fraction of sp³-hybridized carbons (Fsp3) is 0.500. The predicted molar refractivity (Wildman–Crippen MR) is 77.5 cm³/mol. The topological polar surface area (TPSA) is 54.4 Å². The second kappa shape index (κ2) is 5.61. The summed E-state index contributed by atoms with van der Waals surface area (Å²) in [6.45, 7) is 0. The first kappa shape index (κ1) is 14.5. The lowest BCUT2D eigenvalue weighted by atomic mass is 9.84. The van der Waals surface area contributed by atoms with Crippen molar-refractivity contribution in [2.24, 2.45) is 0 Å². The molecule has 18 heavy (non-hydrogen) atoms. The van der Waals surface area contributed by atoms with Crippen LogP contribution in [-0.4, -0.2) is 13.0 Å². The molecule has 0 spiro atoms. The molecule has 1 N–H and O–H groups in total. The van der Waals surface area contributed by atoms with Gasteiger partial charge in [0.1, 0.15) is 0 Å². The van der Waals surface area contributed by atoms with Crippen molar-refractivity contribution >= 4 is 42.0 Å². The van der Waals surface area contributed by atoms with Gasteiger partial charge in [0.2, 0.25) is 0 Å². The fourth-order valence-electron chi connectivity index (χ4n) is 2.56. The minimum atomic E-state index is -4.19. The molecular weight excluding hydrogens is 384 g/mol. The highest BCUT2D eigenvalue weighted by molar-refractivity contribution is 9.11. The van der Waals surface area contributed by atoms with E-state index in [0.717, 1.165) is 35.7 Å². The highest BCUT2D eigenvalue weighted by Crippen LogP contribution is 2.41.